The van der Waals surface area contributed by atoms with Gasteiger partial charge < -0.3 is 18.8 Å². The largest absolute Gasteiger partial charge is 0.383 e. The number of rotatable bonds is 6. The Bertz CT molecular complexity index is 580. The average molecular weight is 277 g/mol. The third kappa shape index (κ3) is 2.94. The van der Waals surface area contributed by atoms with Crippen LogP contribution in [0.15, 0.2) is 18.5 Å². The van der Waals surface area contributed by atoms with Crippen LogP contribution in [0.25, 0.3) is 5.65 Å². The van der Waals surface area contributed by atoms with E-state index in [0.29, 0.717) is 6.61 Å². The summed E-state index contributed by atoms with van der Waals surface area (Å²) in [5, 5.41) is 0. The second kappa shape index (κ2) is 6.24. The fraction of sp³-hybridized carbons (Fsp3) is 0.533. The van der Waals surface area contributed by atoms with E-state index in [1.165, 1.54) is 0 Å². The Morgan fingerprint density at radius 3 is 2.75 bits per heavy atom. The predicted molar refractivity (Wildman–Crippen MR) is 80.5 cm³/mol. The van der Waals surface area contributed by atoms with E-state index in [0.717, 1.165) is 29.1 Å². The van der Waals surface area contributed by atoms with E-state index in [9.17, 15) is 0 Å². The molecule has 0 saturated carbocycles. The molecule has 2 rings (SSSR count). The Hall–Kier alpha value is -1.59. The maximum absolute atomic E-state index is 5.47. The second-order valence-corrected chi connectivity index (χ2v) is 5.06. The highest BCUT2D eigenvalue weighted by atomic mass is 16.5. The van der Waals surface area contributed by atoms with Gasteiger partial charge in [0, 0.05) is 45.8 Å². The van der Waals surface area contributed by atoms with Gasteiger partial charge in [-0.1, -0.05) is 0 Å². The van der Waals surface area contributed by atoms with E-state index in [2.05, 4.69) is 33.6 Å². The molecule has 20 heavy (non-hydrogen) atoms. The van der Waals surface area contributed by atoms with E-state index < -0.39 is 0 Å². The Balaban J connectivity index is 2.46. The van der Waals surface area contributed by atoms with Crippen LogP contribution in [0.2, 0.25) is 0 Å². The second-order valence-electron chi connectivity index (χ2n) is 5.06. The molecule has 0 spiro atoms. The van der Waals surface area contributed by atoms with Gasteiger partial charge in [-0.05, 0) is 19.9 Å². The molecule has 5 heteroatoms. The molecule has 0 aliphatic carbocycles. The summed E-state index contributed by atoms with van der Waals surface area (Å²) in [6.07, 6.45) is 4.14. The fourth-order valence-electron chi connectivity index (χ4n) is 2.22. The van der Waals surface area contributed by atoms with Crippen LogP contribution in [0.3, 0.4) is 0 Å². The van der Waals surface area contributed by atoms with Crippen LogP contribution in [0.1, 0.15) is 24.3 Å². The van der Waals surface area contributed by atoms with Crippen molar-refractivity contribution in [3.8, 4) is 0 Å². The lowest BCUT2D eigenvalue weighted by atomic mass is 10.1. The number of likely N-dealkylation sites (N-methyl/N-ethyl adjacent to an activating group) is 1. The third-order valence-electron chi connectivity index (χ3n) is 3.55. The molecule has 0 amide bonds. The molecular formula is C15H23N3O2. The summed E-state index contributed by atoms with van der Waals surface area (Å²) in [5.41, 5.74) is 4.19. The number of imidazole rings is 1. The van der Waals surface area contributed by atoms with E-state index in [4.69, 9.17) is 9.47 Å². The molecule has 0 radical (unpaired) electrons. The van der Waals surface area contributed by atoms with Crippen LogP contribution in [0, 0.1) is 6.92 Å². The lowest BCUT2D eigenvalue weighted by molar-refractivity contribution is 0.120. The van der Waals surface area contributed by atoms with Crippen molar-refractivity contribution >= 4 is 11.3 Å². The molecule has 2 heterocycles. The molecule has 0 bridgehead atoms. The first kappa shape index (κ1) is 14.8. The summed E-state index contributed by atoms with van der Waals surface area (Å²) in [6.45, 7) is 5.59. The van der Waals surface area contributed by atoms with E-state index >= 15 is 0 Å². The third-order valence-corrected chi connectivity index (χ3v) is 3.55. The van der Waals surface area contributed by atoms with Gasteiger partial charge in [-0.25, -0.2) is 4.98 Å². The van der Waals surface area contributed by atoms with Crippen LogP contribution in [-0.4, -0.2) is 43.8 Å². The first-order valence-electron chi connectivity index (χ1n) is 6.79. The van der Waals surface area contributed by atoms with Crippen molar-refractivity contribution in [3.05, 3.63) is 29.7 Å². The number of aromatic nitrogens is 2. The molecule has 0 saturated heterocycles. The zero-order valence-electron chi connectivity index (χ0n) is 12.9. The smallest absolute Gasteiger partial charge is 0.142 e. The summed E-state index contributed by atoms with van der Waals surface area (Å²) < 4.78 is 12.7. The number of hydrogen-bond acceptors (Lipinski definition) is 4. The molecule has 0 N–H and O–H groups in total. The normalized spacial score (nSPS) is 12.8. The van der Waals surface area contributed by atoms with Crippen molar-refractivity contribution in [2.45, 2.75) is 20.0 Å². The summed E-state index contributed by atoms with van der Waals surface area (Å²) in [6, 6.07) is 2.14. The zero-order valence-corrected chi connectivity index (χ0v) is 12.9. The number of anilines is 1. The number of pyridine rings is 1. The minimum atomic E-state index is 0.00933. The standard InChI is InChI=1S/C15H23N3O2/c1-11-9-18-10-13(17(3)6-7-19-4)8-14(12(2)20-5)15(18)16-11/h8-10,12H,6-7H2,1-5H3/t12-/m1/s1. The Labute approximate surface area is 120 Å². The SMILES string of the molecule is COCCN(C)c1cc([C@@H](C)OC)c2nc(C)cn2c1. The van der Waals surface area contributed by atoms with E-state index in [1.54, 1.807) is 14.2 Å². The maximum atomic E-state index is 5.47. The van der Waals surface area contributed by atoms with Crippen LogP contribution in [0.5, 0.6) is 0 Å². The summed E-state index contributed by atoms with van der Waals surface area (Å²) in [4.78, 5) is 6.76. The number of nitrogens with zero attached hydrogens (tertiary/aromatic N) is 3. The summed E-state index contributed by atoms with van der Waals surface area (Å²) >= 11 is 0. The van der Waals surface area contributed by atoms with Crippen molar-refractivity contribution in [2.24, 2.45) is 0 Å². The number of aryl methyl sites for hydroxylation is 1. The van der Waals surface area contributed by atoms with Crippen molar-refractivity contribution in [1.29, 1.82) is 0 Å². The number of hydrogen-bond donors (Lipinski definition) is 0. The molecule has 5 nitrogen and oxygen atoms in total. The van der Waals surface area contributed by atoms with Crippen molar-refractivity contribution in [3.63, 3.8) is 0 Å². The summed E-state index contributed by atoms with van der Waals surface area (Å²) in [5.74, 6) is 0. The minimum Gasteiger partial charge on any atom is -0.383 e. The Morgan fingerprint density at radius 2 is 2.10 bits per heavy atom. The molecule has 1 atom stereocenters. The van der Waals surface area contributed by atoms with E-state index in [-0.39, 0.29) is 6.10 Å². The predicted octanol–water partition coefficient (Wildman–Crippen LogP) is 2.43. The van der Waals surface area contributed by atoms with Gasteiger partial charge in [-0.2, -0.15) is 0 Å². The molecular weight excluding hydrogens is 254 g/mol. The molecule has 110 valence electrons. The van der Waals surface area contributed by atoms with Gasteiger partial charge in [0.2, 0.25) is 0 Å². The molecule has 2 aromatic rings. The highest BCUT2D eigenvalue weighted by Crippen LogP contribution is 2.26. The zero-order chi connectivity index (χ0) is 14.7. The molecule has 0 aromatic carbocycles. The minimum absolute atomic E-state index is 0.00933. The van der Waals surface area contributed by atoms with Gasteiger partial charge in [0.1, 0.15) is 5.65 Å². The molecule has 0 aliphatic heterocycles. The topological polar surface area (TPSA) is 39.0 Å². The van der Waals surface area contributed by atoms with Gasteiger partial charge in [0.25, 0.3) is 0 Å². The van der Waals surface area contributed by atoms with Crippen LogP contribution in [0.4, 0.5) is 5.69 Å². The van der Waals surface area contributed by atoms with E-state index in [1.807, 2.05) is 20.0 Å². The lowest BCUT2D eigenvalue weighted by Gasteiger charge is -2.21. The summed E-state index contributed by atoms with van der Waals surface area (Å²) in [7, 11) is 5.50. The monoisotopic (exact) mass is 277 g/mol. The van der Waals surface area contributed by atoms with Crippen LogP contribution in [-0.2, 0) is 9.47 Å². The van der Waals surface area contributed by atoms with Gasteiger partial charge in [-0.15, -0.1) is 0 Å². The fourth-order valence-corrected chi connectivity index (χ4v) is 2.22. The first-order valence-corrected chi connectivity index (χ1v) is 6.79. The molecule has 2 aromatic heterocycles. The molecule has 0 fully saturated rings. The Morgan fingerprint density at radius 1 is 1.35 bits per heavy atom. The van der Waals surface area contributed by atoms with Gasteiger partial charge >= 0.3 is 0 Å². The quantitative estimate of drug-likeness (QED) is 0.813. The van der Waals surface area contributed by atoms with Crippen LogP contribution < -0.4 is 4.90 Å². The van der Waals surface area contributed by atoms with Gasteiger partial charge in [-0.3, -0.25) is 0 Å². The highest BCUT2D eigenvalue weighted by molar-refractivity contribution is 5.59. The first-order chi connectivity index (χ1) is 9.56. The molecule has 0 aliphatic rings. The Kier molecular flexibility index (Phi) is 4.62. The van der Waals surface area contributed by atoms with Crippen molar-refractivity contribution in [2.75, 3.05) is 39.3 Å². The van der Waals surface area contributed by atoms with Gasteiger partial charge in [0.15, 0.2) is 0 Å². The van der Waals surface area contributed by atoms with Crippen molar-refractivity contribution in [1.82, 2.24) is 9.38 Å². The molecule has 0 unspecified atom stereocenters. The highest BCUT2D eigenvalue weighted by Gasteiger charge is 2.14. The van der Waals surface area contributed by atoms with Crippen LogP contribution >= 0.6 is 0 Å². The van der Waals surface area contributed by atoms with Gasteiger partial charge in [0.05, 0.1) is 24.1 Å². The number of fused-ring (bicyclic) bond motifs is 1. The average Bonchev–Trinajstić information content (AvgIpc) is 2.82. The lowest BCUT2D eigenvalue weighted by Crippen LogP contribution is -2.22. The maximum Gasteiger partial charge on any atom is 0.142 e. The number of ether oxygens (including phenoxy) is 2. The number of methoxy groups -OCH3 is 2. The van der Waals surface area contributed by atoms with Crippen molar-refractivity contribution < 1.29 is 9.47 Å².